The van der Waals surface area contributed by atoms with E-state index >= 15 is 0 Å². The van der Waals surface area contributed by atoms with Crippen molar-refractivity contribution in [2.45, 2.75) is 24.8 Å². The largest absolute Gasteiger partial charge is 0.371 e. The molecule has 1 aromatic carbocycles. The zero-order chi connectivity index (χ0) is 10.3. The second-order valence-electron chi connectivity index (χ2n) is 4.67. The molecule has 2 heterocycles. The summed E-state index contributed by atoms with van der Waals surface area (Å²) in [6, 6.07) is 9.61. The van der Waals surface area contributed by atoms with Crippen LogP contribution in [0, 0.1) is 0 Å². The van der Waals surface area contributed by atoms with Crippen molar-refractivity contribution in [2.75, 3.05) is 25.0 Å². The molecule has 15 heavy (non-hydrogen) atoms. The normalized spacial score (nSPS) is 29.5. The highest BCUT2D eigenvalue weighted by Gasteiger charge is 2.36. The zero-order valence-corrected chi connectivity index (χ0v) is 9.24. The Morgan fingerprint density at radius 3 is 2.93 bits per heavy atom. The molecule has 2 aliphatic rings. The molecule has 3 rings (SSSR count). The van der Waals surface area contributed by atoms with Crippen molar-refractivity contribution in [3.63, 3.8) is 0 Å². The average Bonchev–Trinajstić information content (AvgIpc) is 2.48. The number of rotatable bonds is 0. The van der Waals surface area contributed by atoms with E-state index in [1.54, 1.807) is 5.56 Å². The van der Waals surface area contributed by atoms with Gasteiger partial charge in [0, 0.05) is 24.7 Å². The maximum absolute atomic E-state index is 3.50. The lowest BCUT2D eigenvalue weighted by Gasteiger charge is -2.24. The molecule has 80 valence electrons. The van der Waals surface area contributed by atoms with E-state index in [0.717, 1.165) is 12.0 Å². The smallest absolute Gasteiger partial charge is 0.0402 e. The number of anilines is 1. The molecule has 2 nitrogen and oxygen atoms in total. The van der Waals surface area contributed by atoms with Gasteiger partial charge >= 0.3 is 0 Å². The first-order valence-electron chi connectivity index (χ1n) is 5.90. The predicted octanol–water partition coefficient (Wildman–Crippen LogP) is 1.97. The first-order chi connectivity index (χ1) is 7.38. The Bertz CT molecular complexity index is 361. The quantitative estimate of drug-likeness (QED) is 0.692. The van der Waals surface area contributed by atoms with Gasteiger partial charge in [-0.05, 0) is 37.6 Å². The molecule has 1 aromatic rings. The Morgan fingerprint density at radius 2 is 2.00 bits per heavy atom. The van der Waals surface area contributed by atoms with Gasteiger partial charge < -0.3 is 10.2 Å². The van der Waals surface area contributed by atoms with Crippen molar-refractivity contribution in [1.82, 2.24) is 5.32 Å². The molecular formula is C13H18N2. The van der Waals surface area contributed by atoms with Crippen LogP contribution >= 0.6 is 0 Å². The number of nitrogens with one attached hydrogen (secondary N) is 1. The summed E-state index contributed by atoms with van der Waals surface area (Å²) in [5.74, 6) is 0.751. The summed E-state index contributed by atoms with van der Waals surface area (Å²) in [6.07, 6.45) is 2.56. The summed E-state index contributed by atoms with van der Waals surface area (Å²) < 4.78 is 0. The number of para-hydroxylation sites is 1. The third-order valence-electron chi connectivity index (χ3n) is 3.93. The van der Waals surface area contributed by atoms with Crippen molar-refractivity contribution in [2.24, 2.45) is 0 Å². The van der Waals surface area contributed by atoms with Crippen LogP contribution in [0.2, 0.25) is 0 Å². The maximum Gasteiger partial charge on any atom is 0.0402 e. The van der Waals surface area contributed by atoms with E-state index in [4.69, 9.17) is 0 Å². The minimum Gasteiger partial charge on any atom is -0.371 e. The van der Waals surface area contributed by atoms with Crippen molar-refractivity contribution in [3.8, 4) is 0 Å². The zero-order valence-electron chi connectivity index (χ0n) is 9.24. The van der Waals surface area contributed by atoms with Crippen LogP contribution in [0.25, 0.3) is 0 Å². The van der Waals surface area contributed by atoms with E-state index in [0.29, 0.717) is 0 Å². The van der Waals surface area contributed by atoms with Gasteiger partial charge in [0.25, 0.3) is 0 Å². The molecule has 0 saturated carbocycles. The molecule has 1 fully saturated rings. The SMILES string of the molecule is CN1c2ccccc2C2CCNCCC21. The van der Waals surface area contributed by atoms with E-state index in [-0.39, 0.29) is 0 Å². The molecule has 0 aromatic heterocycles. The van der Waals surface area contributed by atoms with Crippen molar-refractivity contribution >= 4 is 5.69 Å². The average molecular weight is 202 g/mol. The lowest BCUT2D eigenvalue weighted by molar-refractivity contribution is 0.531. The lowest BCUT2D eigenvalue weighted by Crippen LogP contribution is -2.30. The van der Waals surface area contributed by atoms with Gasteiger partial charge in [-0.2, -0.15) is 0 Å². The minimum atomic E-state index is 0.720. The molecule has 0 amide bonds. The third-order valence-corrected chi connectivity index (χ3v) is 3.93. The monoisotopic (exact) mass is 202 g/mol. The maximum atomic E-state index is 3.50. The molecule has 0 radical (unpaired) electrons. The number of nitrogens with zero attached hydrogens (tertiary/aromatic N) is 1. The Hall–Kier alpha value is -1.02. The van der Waals surface area contributed by atoms with Gasteiger partial charge in [0.05, 0.1) is 0 Å². The highest BCUT2D eigenvalue weighted by atomic mass is 15.2. The highest BCUT2D eigenvalue weighted by molar-refractivity contribution is 5.61. The summed E-state index contributed by atoms with van der Waals surface area (Å²) in [6.45, 7) is 2.34. The van der Waals surface area contributed by atoms with Gasteiger partial charge in [0.1, 0.15) is 0 Å². The molecule has 2 aliphatic heterocycles. The van der Waals surface area contributed by atoms with Crippen molar-refractivity contribution in [1.29, 1.82) is 0 Å². The van der Waals surface area contributed by atoms with Crippen LogP contribution in [-0.4, -0.2) is 26.2 Å². The first kappa shape index (κ1) is 9.22. The molecule has 1 saturated heterocycles. The van der Waals surface area contributed by atoms with Gasteiger partial charge in [-0.3, -0.25) is 0 Å². The topological polar surface area (TPSA) is 15.3 Å². The van der Waals surface area contributed by atoms with Gasteiger partial charge in [-0.15, -0.1) is 0 Å². The Balaban J connectivity index is 2.02. The van der Waals surface area contributed by atoms with E-state index < -0.39 is 0 Å². The molecule has 2 unspecified atom stereocenters. The van der Waals surface area contributed by atoms with Crippen molar-refractivity contribution < 1.29 is 0 Å². The van der Waals surface area contributed by atoms with E-state index in [1.807, 2.05) is 0 Å². The number of fused-ring (bicyclic) bond motifs is 3. The fourth-order valence-corrected chi connectivity index (χ4v) is 3.15. The summed E-state index contributed by atoms with van der Waals surface area (Å²) >= 11 is 0. The van der Waals surface area contributed by atoms with Crippen LogP contribution in [-0.2, 0) is 0 Å². The molecular weight excluding hydrogens is 184 g/mol. The number of likely N-dealkylation sites (N-methyl/N-ethyl adjacent to an activating group) is 1. The molecule has 2 heteroatoms. The van der Waals surface area contributed by atoms with Crippen LogP contribution in [0.5, 0.6) is 0 Å². The molecule has 1 N–H and O–H groups in total. The second kappa shape index (κ2) is 3.53. The van der Waals surface area contributed by atoms with E-state index in [1.165, 1.54) is 31.6 Å². The summed E-state index contributed by atoms with van der Waals surface area (Å²) in [4.78, 5) is 2.48. The third kappa shape index (κ3) is 1.36. The summed E-state index contributed by atoms with van der Waals surface area (Å²) in [5, 5.41) is 3.50. The van der Waals surface area contributed by atoms with Crippen LogP contribution in [0.3, 0.4) is 0 Å². The van der Waals surface area contributed by atoms with Crippen LogP contribution in [0.1, 0.15) is 24.3 Å². The van der Waals surface area contributed by atoms with Gasteiger partial charge in [-0.25, -0.2) is 0 Å². The number of benzene rings is 1. The Morgan fingerprint density at radius 1 is 1.20 bits per heavy atom. The second-order valence-corrected chi connectivity index (χ2v) is 4.67. The molecule has 0 aliphatic carbocycles. The number of hydrogen-bond acceptors (Lipinski definition) is 2. The van der Waals surface area contributed by atoms with Crippen molar-refractivity contribution in [3.05, 3.63) is 29.8 Å². The molecule has 0 bridgehead atoms. The first-order valence-corrected chi connectivity index (χ1v) is 5.90. The summed E-state index contributed by atoms with van der Waals surface area (Å²) in [5.41, 5.74) is 3.02. The van der Waals surface area contributed by atoms with Gasteiger partial charge in [0.15, 0.2) is 0 Å². The Labute approximate surface area is 91.3 Å². The molecule has 0 spiro atoms. The fourth-order valence-electron chi connectivity index (χ4n) is 3.15. The van der Waals surface area contributed by atoms with Gasteiger partial charge in [-0.1, -0.05) is 18.2 Å². The summed E-state index contributed by atoms with van der Waals surface area (Å²) in [7, 11) is 2.24. The minimum absolute atomic E-state index is 0.720. The van der Waals surface area contributed by atoms with Crippen LogP contribution in [0.4, 0.5) is 5.69 Å². The number of hydrogen-bond donors (Lipinski definition) is 1. The standard InChI is InChI=1S/C13H18N2/c1-15-12-5-3-2-4-10(12)11-6-8-14-9-7-13(11)15/h2-5,11,13-14H,6-9H2,1H3. The Kier molecular flexibility index (Phi) is 2.17. The predicted molar refractivity (Wildman–Crippen MR) is 63.5 cm³/mol. The van der Waals surface area contributed by atoms with E-state index in [9.17, 15) is 0 Å². The van der Waals surface area contributed by atoms with Crippen LogP contribution < -0.4 is 10.2 Å². The lowest BCUT2D eigenvalue weighted by atomic mass is 9.91. The van der Waals surface area contributed by atoms with Crippen LogP contribution in [0.15, 0.2) is 24.3 Å². The molecule has 2 atom stereocenters. The van der Waals surface area contributed by atoms with E-state index in [2.05, 4.69) is 41.5 Å². The highest BCUT2D eigenvalue weighted by Crippen LogP contribution is 2.43. The van der Waals surface area contributed by atoms with Gasteiger partial charge in [0.2, 0.25) is 0 Å². The fraction of sp³-hybridized carbons (Fsp3) is 0.538.